The number of nitrogens with one attached hydrogen (secondary N) is 1. The number of anilines is 1. The van der Waals surface area contributed by atoms with Gasteiger partial charge in [0.2, 0.25) is 0 Å². The Morgan fingerprint density at radius 1 is 1.00 bits per heavy atom. The van der Waals surface area contributed by atoms with Crippen molar-refractivity contribution in [1.82, 2.24) is 5.32 Å². The van der Waals surface area contributed by atoms with Crippen molar-refractivity contribution in [3.63, 3.8) is 0 Å². The normalized spacial score (nSPS) is 14.5. The number of carbonyl (C=O) groups excluding carboxylic acids is 2. The predicted molar refractivity (Wildman–Crippen MR) is 137 cm³/mol. The molecule has 0 radical (unpaired) electrons. The topological polar surface area (TPSA) is 67.9 Å². The molecule has 174 valence electrons. The summed E-state index contributed by atoms with van der Waals surface area (Å²) in [6.07, 6.45) is 1.56. The molecule has 1 fully saturated rings. The monoisotopic (exact) mass is 580 g/mol. The van der Waals surface area contributed by atoms with E-state index in [-0.39, 0.29) is 12.3 Å². The summed E-state index contributed by atoms with van der Waals surface area (Å²) in [4.78, 5) is 26.3. The highest BCUT2D eigenvalue weighted by Crippen LogP contribution is 2.38. The first-order chi connectivity index (χ1) is 16.3. The molecule has 1 saturated heterocycles. The number of imide groups is 1. The molecule has 1 aliphatic heterocycles. The van der Waals surface area contributed by atoms with Crippen molar-refractivity contribution in [3.05, 3.63) is 91.0 Å². The molecule has 0 atom stereocenters. The van der Waals surface area contributed by atoms with Crippen molar-refractivity contribution in [2.45, 2.75) is 6.61 Å². The quantitative estimate of drug-likeness (QED) is 0.249. The number of hydrogen-bond donors (Lipinski definition) is 1. The van der Waals surface area contributed by atoms with Crippen LogP contribution in [0.2, 0.25) is 15.1 Å². The average Bonchev–Trinajstić information content (AvgIpc) is 3.08. The van der Waals surface area contributed by atoms with Gasteiger partial charge in [0.25, 0.3) is 5.91 Å². The van der Waals surface area contributed by atoms with Gasteiger partial charge in [0.05, 0.1) is 27.3 Å². The van der Waals surface area contributed by atoms with Gasteiger partial charge >= 0.3 is 6.03 Å². The molecule has 1 heterocycles. The lowest BCUT2D eigenvalue weighted by atomic mass is 10.1. The highest BCUT2D eigenvalue weighted by atomic mass is 79.9. The number of nitrogens with zero attached hydrogens (tertiary/aromatic N) is 1. The molecule has 3 aromatic rings. The number of carbonyl (C=O) groups is 2. The summed E-state index contributed by atoms with van der Waals surface area (Å²) < 4.78 is 12.0. The fourth-order valence-electron chi connectivity index (χ4n) is 3.27. The van der Waals surface area contributed by atoms with E-state index in [1.807, 2.05) is 6.07 Å². The maximum absolute atomic E-state index is 12.9. The van der Waals surface area contributed by atoms with Crippen LogP contribution in [0.4, 0.5) is 10.5 Å². The zero-order valence-electron chi connectivity index (χ0n) is 17.6. The minimum atomic E-state index is -0.550. The molecule has 3 aromatic carbocycles. The van der Waals surface area contributed by atoms with Crippen molar-refractivity contribution >= 4 is 74.4 Å². The van der Waals surface area contributed by atoms with Crippen molar-refractivity contribution in [2.75, 3.05) is 12.0 Å². The lowest BCUT2D eigenvalue weighted by Crippen LogP contribution is -2.30. The molecule has 1 aliphatic rings. The molecule has 0 aliphatic carbocycles. The van der Waals surface area contributed by atoms with E-state index in [4.69, 9.17) is 44.3 Å². The maximum Gasteiger partial charge on any atom is 0.333 e. The molecule has 3 amide bonds. The van der Waals surface area contributed by atoms with E-state index in [9.17, 15) is 9.59 Å². The number of urea groups is 1. The summed E-state index contributed by atoms with van der Waals surface area (Å²) in [6, 6.07) is 14.6. The zero-order valence-corrected chi connectivity index (χ0v) is 21.4. The third kappa shape index (κ3) is 5.18. The summed E-state index contributed by atoms with van der Waals surface area (Å²) in [6.45, 7) is 0.233. The van der Waals surface area contributed by atoms with Gasteiger partial charge in [-0.25, -0.2) is 9.69 Å². The average molecular weight is 583 g/mol. The molecule has 6 nitrogen and oxygen atoms in total. The summed E-state index contributed by atoms with van der Waals surface area (Å²) in [5, 5.41) is 4.00. The summed E-state index contributed by atoms with van der Waals surface area (Å²) in [7, 11) is 1.51. The highest BCUT2D eigenvalue weighted by molar-refractivity contribution is 9.10. The number of methoxy groups -OCH3 is 1. The number of halogens is 4. The van der Waals surface area contributed by atoms with Crippen molar-refractivity contribution in [1.29, 1.82) is 0 Å². The van der Waals surface area contributed by atoms with E-state index in [1.54, 1.807) is 54.6 Å². The number of amides is 3. The fraction of sp³-hybridized carbons (Fsp3) is 0.0833. The van der Waals surface area contributed by atoms with Crippen LogP contribution in [0, 0.1) is 0 Å². The molecule has 0 aromatic heterocycles. The molecule has 0 spiro atoms. The van der Waals surface area contributed by atoms with Gasteiger partial charge in [-0.3, -0.25) is 4.79 Å². The largest absolute Gasteiger partial charge is 0.493 e. The van der Waals surface area contributed by atoms with E-state index in [0.717, 1.165) is 10.5 Å². The summed E-state index contributed by atoms with van der Waals surface area (Å²) in [5.41, 5.74) is 1.99. The zero-order chi connectivity index (χ0) is 24.4. The second kappa shape index (κ2) is 10.3. The van der Waals surface area contributed by atoms with Gasteiger partial charge in [0.1, 0.15) is 12.3 Å². The number of benzene rings is 3. The molecule has 34 heavy (non-hydrogen) atoms. The molecule has 4 rings (SSSR count). The van der Waals surface area contributed by atoms with Gasteiger partial charge in [-0.15, -0.1) is 0 Å². The Labute approximate surface area is 219 Å². The Kier molecular flexibility index (Phi) is 7.38. The lowest BCUT2D eigenvalue weighted by molar-refractivity contribution is -0.113. The van der Waals surface area contributed by atoms with Crippen LogP contribution >= 0.6 is 50.7 Å². The first-order valence-corrected chi connectivity index (χ1v) is 11.8. The Morgan fingerprint density at radius 3 is 2.41 bits per heavy atom. The SMILES string of the molecule is COc1cc(/C=C2/NC(=O)N(c3ccc(Cl)cc3)C2=O)cc(Br)c1OCc1ccc(Cl)c(Cl)c1. The molecular formula is C24H16BrCl3N2O4. The molecule has 0 bridgehead atoms. The number of rotatable bonds is 6. The molecule has 0 saturated carbocycles. The Hall–Kier alpha value is -2.71. The van der Waals surface area contributed by atoms with Crippen LogP contribution < -0.4 is 19.7 Å². The van der Waals surface area contributed by atoms with Gasteiger partial charge in [-0.2, -0.15) is 0 Å². The first kappa shape index (κ1) is 24.4. The Bertz CT molecular complexity index is 1310. The van der Waals surface area contributed by atoms with Crippen LogP contribution in [0.3, 0.4) is 0 Å². The fourth-order valence-corrected chi connectivity index (χ4v) is 4.30. The van der Waals surface area contributed by atoms with E-state index >= 15 is 0 Å². The van der Waals surface area contributed by atoms with Crippen LogP contribution in [-0.2, 0) is 11.4 Å². The molecular weight excluding hydrogens is 567 g/mol. The van der Waals surface area contributed by atoms with Gasteiger partial charge in [-0.1, -0.05) is 40.9 Å². The lowest BCUT2D eigenvalue weighted by Gasteiger charge is -2.14. The van der Waals surface area contributed by atoms with Crippen molar-refractivity contribution in [2.24, 2.45) is 0 Å². The van der Waals surface area contributed by atoms with Crippen LogP contribution in [0.1, 0.15) is 11.1 Å². The van der Waals surface area contributed by atoms with Crippen LogP contribution in [-0.4, -0.2) is 19.0 Å². The molecule has 1 N–H and O–H groups in total. The Balaban J connectivity index is 1.57. The van der Waals surface area contributed by atoms with Gasteiger partial charge in [-0.05, 0) is 81.7 Å². The Morgan fingerprint density at radius 2 is 1.74 bits per heavy atom. The van der Waals surface area contributed by atoms with E-state index in [0.29, 0.717) is 42.3 Å². The van der Waals surface area contributed by atoms with E-state index < -0.39 is 11.9 Å². The summed E-state index contributed by atoms with van der Waals surface area (Å²) >= 11 is 21.4. The van der Waals surface area contributed by atoms with Gasteiger partial charge < -0.3 is 14.8 Å². The number of ether oxygens (including phenoxy) is 2. The third-order valence-corrected chi connectivity index (χ3v) is 6.47. The standard InChI is InChI=1S/C24H16BrCl3N2O4/c1-33-21-11-14(8-17(25)22(21)34-12-13-2-7-18(27)19(28)9-13)10-20-23(31)30(24(32)29-20)16-5-3-15(26)4-6-16/h2-11H,12H2,1H3,(H,29,32)/b20-10+. The second-order valence-electron chi connectivity index (χ2n) is 7.18. The van der Waals surface area contributed by atoms with Crippen LogP contribution in [0.15, 0.2) is 64.8 Å². The second-order valence-corrected chi connectivity index (χ2v) is 9.28. The maximum atomic E-state index is 12.9. The van der Waals surface area contributed by atoms with E-state index in [2.05, 4.69) is 21.2 Å². The summed E-state index contributed by atoms with van der Waals surface area (Å²) in [5.74, 6) is 0.426. The minimum absolute atomic E-state index is 0.123. The van der Waals surface area contributed by atoms with Crippen LogP contribution in [0.5, 0.6) is 11.5 Å². The first-order valence-electron chi connectivity index (χ1n) is 9.84. The van der Waals surface area contributed by atoms with Gasteiger partial charge in [0.15, 0.2) is 11.5 Å². The highest BCUT2D eigenvalue weighted by Gasteiger charge is 2.34. The van der Waals surface area contributed by atoms with Crippen LogP contribution in [0.25, 0.3) is 6.08 Å². The molecule has 10 heteroatoms. The van der Waals surface area contributed by atoms with Crippen molar-refractivity contribution in [3.8, 4) is 11.5 Å². The minimum Gasteiger partial charge on any atom is -0.493 e. The predicted octanol–water partition coefficient (Wildman–Crippen LogP) is 7.09. The van der Waals surface area contributed by atoms with Crippen molar-refractivity contribution < 1.29 is 19.1 Å². The number of hydrogen-bond acceptors (Lipinski definition) is 4. The van der Waals surface area contributed by atoms with Gasteiger partial charge in [0, 0.05) is 5.02 Å². The third-order valence-electron chi connectivity index (χ3n) is 4.89. The van der Waals surface area contributed by atoms with E-state index in [1.165, 1.54) is 7.11 Å². The smallest absolute Gasteiger partial charge is 0.333 e. The molecule has 0 unspecified atom stereocenters.